The number of benzene rings is 2. The number of ether oxygens (including phenoxy) is 1. The first kappa shape index (κ1) is 36.4. The molecule has 2 aromatic carbocycles. The van der Waals surface area contributed by atoms with Gasteiger partial charge in [-0.3, -0.25) is 19.0 Å². The Kier molecular flexibility index (Phi) is 8.64. The molecule has 0 unspecified atom stereocenters. The van der Waals surface area contributed by atoms with Crippen LogP contribution in [0.1, 0.15) is 77.7 Å². The molecule has 3 aliphatic heterocycles. The molecule has 2 amide bonds. The van der Waals surface area contributed by atoms with E-state index in [0.29, 0.717) is 17.9 Å². The van der Waals surface area contributed by atoms with Gasteiger partial charge >= 0.3 is 6.18 Å². The number of nitrogens with one attached hydrogen (secondary N) is 1. The van der Waals surface area contributed by atoms with Crippen LogP contribution in [0.4, 0.5) is 24.5 Å². The molecule has 5 aromatic rings. The molecule has 6 heterocycles. The van der Waals surface area contributed by atoms with Crippen molar-refractivity contribution < 1.29 is 32.6 Å². The van der Waals surface area contributed by atoms with Crippen molar-refractivity contribution in [2.24, 2.45) is 0 Å². The molecule has 0 aliphatic carbocycles. The fourth-order valence-corrected chi connectivity index (χ4v) is 7.92. The summed E-state index contributed by atoms with van der Waals surface area (Å²) in [6.45, 7) is 8.65. The quantitative estimate of drug-likeness (QED) is 0.235. The lowest BCUT2D eigenvalue weighted by molar-refractivity contribution is -0.137. The number of fused-ring (bicyclic) bond motifs is 4. The summed E-state index contributed by atoms with van der Waals surface area (Å²) < 4.78 is 48.8. The highest BCUT2D eigenvalue weighted by Crippen LogP contribution is 2.43. The number of carbonyl (C=O) groups excluding carboxylic acids is 2. The summed E-state index contributed by atoms with van der Waals surface area (Å²) in [6, 6.07) is 7.45. The molecule has 1 saturated heterocycles. The molecule has 1 fully saturated rings. The Morgan fingerprint density at radius 1 is 1.07 bits per heavy atom. The fourth-order valence-electron chi connectivity index (χ4n) is 7.69. The summed E-state index contributed by atoms with van der Waals surface area (Å²) in [5, 5.41) is 17.5. The van der Waals surface area contributed by atoms with Gasteiger partial charge in [-0.2, -0.15) is 22.7 Å². The van der Waals surface area contributed by atoms with Gasteiger partial charge in [0.05, 0.1) is 39.9 Å². The third-order valence-electron chi connectivity index (χ3n) is 10.6. The lowest BCUT2D eigenvalue weighted by Crippen LogP contribution is -2.51. The normalized spacial score (nSPS) is 19.1. The van der Waals surface area contributed by atoms with E-state index in [4.69, 9.17) is 21.3 Å². The molecule has 2 atom stereocenters. The molecule has 3 aliphatic rings. The van der Waals surface area contributed by atoms with E-state index in [1.54, 1.807) is 11.5 Å². The number of carbonyl (C=O) groups is 2. The molecule has 3 aromatic heterocycles. The second kappa shape index (κ2) is 13.0. The number of alkyl halides is 3. The first-order valence-electron chi connectivity index (χ1n) is 17.6. The van der Waals surface area contributed by atoms with Crippen LogP contribution in [0.3, 0.4) is 0 Å². The van der Waals surface area contributed by atoms with Crippen LogP contribution >= 0.6 is 11.6 Å². The first-order valence-corrected chi connectivity index (χ1v) is 18.0. The van der Waals surface area contributed by atoms with Gasteiger partial charge < -0.3 is 25.0 Å². The number of aromatic hydroxyl groups is 1. The van der Waals surface area contributed by atoms with Gasteiger partial charge in [0, 0.05) is 37.7 Å². The highest BCUT2D eigenvalue weighted by atomic mass is 35.5. The Morgan fingerprint density at radius 2 is 1.82 bits per heavy atom. The monoisotopic (exact) mass is 777 g/mol. The van der Waals surface area contributed by atoms with Crippen molar-refractivity contribution in [3.63, 3.8) is 0 Å². The lowest BCUT2D eigenvalue weighted by atomic mass is 9.94. The van der Waals surface area contributed by atoms with Crippen molar-refractivity contribution in [1.29, 1.82) is 0 Å². The summed E-state index contributed by atoms with van der Waals surface area (Å²) in [5.41, 5.74) is 1.70. The largest absolute Gasteiger partial charge is 0.504 e. The van der Waals surface area contributed by atoms with E-state index in [1.807, 2.05) is 43.9 Å². The van der Waals surface area contributed by atoms with Crippen molar-refractivity contribution in [1.82, 2.24) is 34.0 Å². The summed E-state index contributed by atoms with van der Waals surface area (Å²) >= 11 is 6.22. The molecule has 0 radical (unpaired) electrons. The molecule has 0 saturated carbocycles. The highest BCUT2D eigenvalue weighted by Gasteiger charge is 2.41. The van der Waals surface area contributed by atoms with Gasteiger partial charge in [0.2, 0.25) is 11.7 Å². The van der Waals surface area contributed by atoms with Crippen LogP contribution in [0, 0.1) is 6.92 Å². The average Bonchev–Trinajstić information content (AvgIpc) is 3.83. The Morgan fingerprint density at radius 3 is 2.53 bits per heavy atom. The van der Waals surface area contributed by atoms with E-state index in [0.717, 1.165) is 29.3 Å². The van der Waals surface area contributed by atoms with Gasteiger partial charge in [-0.1, -0.05) is 30.7 Å². The van der Waals surface area contributed by atoms with Crippen molar-refractivity contribution >= 4 is 40.6 Å². The van der Waals surface area contributed by atoms with Crippen molar-refractivity contribution in [3.05, 3.63) is 91.9 Å². The molecule has 8 rings (SSSR count). The molecule has 0 bridgehead atoms. The van der Waals surface area contributed by atoms with Gasteiger partial charge in [0.15, 0.2) is 17.3 Å². The zero-order valence-electron chi connectivity index (χ0n) is 30.1. The van der Waals surface area contributed by atoms with Gasteiger partial charge in [0.25, 0.3) is 11.5 Å². The number of aryl methyl sites for hydroxylation is 1. The van der Waals surface area contributed by atoms with Gasteiger partial charge in [-0.05, 0) is 62.6 Å². The number of halogens is 4. The number of rotatable bonds is 5. The predicted molar refractivity (Wildman–Crippen MR) is 194 cm³/mol. The van der Waals surface area contributed by atoms with Crippen molar-refractivity contribution in [2.75, 3.05) is 36.4 Å². The first-order chi connectivity index (χ1) is 26.0. The minimum Gasteiger partial charge on any atom is -0.504 e. The van der Waals surface area contributed by atoms with Gasteiger partial charge in [-0.25, -0.2) is 9.97 Å². The van der Waals surface area contributed by atoms with E-state index in [9.17, 15) is 32.7 Å². The molecule has 18 heteroatoms. The van der Waals surface area contributed by atoms with Crippen LogP contribution in [0.15, 0.2) is 47.5 Å². The summed E-state index contributed by atoms with van der Waals surface area (Å²) in [5.74, 6) is -1.34. The number of hydrogen-bond acceptors (Lipinski definition) is 10. The number of anilines is 2. The van der Waals surface area contributed by atoms with Gasteiger partial charge in [-0.15, -0.1) is 5.10 Å². The van der Waals surface area contributed by atoms with E-state index in [1.165, 1.54) is 15.7 Å². The standard InChI is InChI=1S/C37H35ClF3N9O5/c1-18-13-26(32(52)44-25-8-6-22(15-24(25)38)37(39,40)41)49-28(18)29(47-9-11-48(12-10-47)33(53)27-30(51)19(2)42-17-43-27)34(54)50-35(49)45-31(46-50)20-5-7-23-21(14-20)16-55-36(23,3)4/h5-8,14-15,17-18,26,51H,9-13,16H2,1-4H3,(H,44,52)/t18-,26+/m0/s1. The Balaban J connectivity index is 1.19. The van der Waals surface area contributed by atoms with Crippen molar-refractivity contribution in [3.8, 4) is 17.1 Å². The minimum atomic E-state index is -4.62. The third kappa shape index (κ3) is 6.14. The zero-order chi connectivity index (χ0) is 39.1. The molecular weight excluding hydrogens is 743 g/mol. The summed E-state index contributed by atoms with van der Waals surface area (Å²) in [7, 11) is 0. The number of aromatic nitrogens is 6. The Hall–Kier alpha value is -5.55. The molecule has 55 heavy (non-hydrogen) atoms. The fraction of sp³-hybridized carbons (Fsp3) is 0.378. The smallest absolute Gasteiger partial charge is 0.416 e. The zero-order valence-corrected chi connectivity index (χ0v) is 30.9. The highest BCUT2D eigenvalue weighted by molar-refractivity contribution is 6.33. The van der Waals surface area contributed by atoms with E-state index < -0.39 is 40.8 Å². The maximum absolute atomic E-state index is 14.5. The lowest BCUT2D eigenvalue weighted by Gasteiger charge is -2.36. The molecule has 2 N–H and O–H groups in total. The van der Waals surface area contributed by atoms with Crippen LogP contribution in [0.2, 0.25) is 5.02 Å². The number of amides is 2. The maximum Gasteiger partial charge on any atom is 0.416 e. The molecular formula is C37H35ClF3N9O5. The molecule has 286 valence electrons. The number of hydrogen-bond donors (Lipinski definition) is 2. The SMILES string of the molecule is Cc1ncnc(C(=O)N2CCN(c3c4n(c5nc(-c6ccc7c(c6)COC7(C)C)nn5c3=O)[C@@H](C(=O)Nc3ccc(C(F)(F)F)cc3Cl)C[C@@H]4C)CC2)c1O. The minimum absolute atomic E-state index is 0.00537. The third-order valence-corrected chi connectivity index (χ3v) is 10.9. The maximum atomic E-state index is 14.5. The van der Waals surface area contributed by atoms with E-state index in [2.05, 4.69) is 20.4 Å². The molecule has 0 spiro atoms. The summed E-state index contributed by atoms with van der Waals surface area (Å²) in [6.07, 6.45) is -3.18. The second-order valence-electron chi connectivity index (χ2n) is 14.5. The Labute approximate surface area is 316 Å². The summed E-state index contributed by atoms with van der Waals surface area (Å²) in [4.78, 5) is 58.1. The van der Waals surface area contributed by atoms with Crippen LogP contribution in [-0.4, -0.2) is 77.1 Å². The Bertz CT molecular complexity index is 2480. The van der Waals surface area contributed by atoms with Crippen LogP contribution < -0.4 is 15.8 Å². The van der Waals surface area contributed by atoms with Crippen LogP contribution in [-0.2, 0) is 27.9 Å². The molecule has 14 nitrogen and oxygen atoms in total. The number of nitrogens with zero attached hydrogens (tertiary/aromatic N) is 8. The predicted octanol–water partition coefficient (Wildman–Crippen LogP) is 5.45. The average molecular weight is 778 g/mol. The van der Waals surface area contributed by atoms with Gasteiger partial charge in [0.1, 0.15) is 18.1 Å². The van der Waals surface area contributed by atoms with E-state index >= 15 is 0 Å². The van der Waals surface area contributed by atoms with E-state index in [-0.39, 0.29) is 83.7 Å². The second-order valence-corrected chi connectivity index (χ2v) is 14.9. The van der Waals surface area contributed by atoms with Crippen molar-refractivity contribution in [2.45, 2.75) is 64.5 Å². The van der Waals surface area contributed by atoms with Crippen LogP contribution in [0.5, 0.6) is 5.75 Å². The number of piperazine rings is 1. The topological polar surface area (TPSA) is 160 Å². The van der Waals surface area contributed by atoms with Crippen LogP contribution in [0.25, 0.3) is 17.2 Å².